The zero-order valence-corrected chi connectivity index (χ0v) is 12.0. The summed E-state index contributed by atoms with van der Waals surface area (Å²) in [4.78, 5) is 4.13. The Morgan fingerprint density at radius 2 is 2.05 bits per heavy atom. The minimum absolute atomic E-state index is 0.396. The number of aromatic nitrogens is 3. The zero-order valence-electron chi connectivity index (χ0n) is 10.4. The molecule has 1 aromatic heterocycles. The third kappa shape index (κ3) is 2.33. The van der Waals surface area contributed by atoms with Crippen LogP contribution in [0, 0.1) is 0 Å². The first kappa shape index (κ1) is 12.2. The molecule has 0 aliphatic rings. The van der Waals surface area contributed by atoms with Crippen molar-refractivity contribution in [3.05, 3.63) is 53.0 Å². The third-order valence-corrected chi connectivity index (χ3v) is 3.81. The minimum Gasteiger partial charge on any atom is -0.484 e. The number of fused-ring (bicyclic) bond motifs is 1. The molecule has 0 N–H and O–H groups in total. The van der Waals surface area contributed by atoms with Gasteiger partial charge in [0, 0.05) is 7.05 Å². The molecule has 2 aromatic carbocycles. The summed E-state index contributed by atoms with van der Waals surface area (Å²) in [6, 6.07) is 12.2. The molecule has 1 heterocycles. The van der Waals surface area contributed by atoms with Gasteiger partial charge >= 0.3 is 0 Å². The van der Waals surface area contributed by atoms with Crippen molar-refractivity contribution in [1.29, 1.82) is 0 Å². The summed E-state index contributed by atoms with van der Waals surface area (Å²) in [5.41, 5.74) is 0. The number of hydrogen-bond acceptors (Lipinski definition) is 3. The fourth-order valence-corrected chi connectivity index (χ4v) is 2.53. The molecule has 96 valence electrons. The van der Waals surface area contributed by atoms with Crippen molar-refractivity contribution in [3.8, 4) is 5.75 Å². The van der Waals surface area contributed by atoms with Crippen molar-refractivity contribution in [2.75, 3.05) is 0 Å². The second-order valence-electron chi connectivity index (χ2n) is 4.19. The molecule has 0 saturated heterocycles. The largest absolute Gasteiger partial charge is 0.484 e. The van der Waals surface area contributed by atoms with Crippen LogP contribution in [0.4, 0.5) is 0 Å². The van der Waals surface area contributed by atoms with E-state index in [1.54, 1.807) is 4.68 Å². The smallest absolute Gasteiger partial charge is 0.164 e. The van der Waals surface area contributed by atoms with Crippen molar-refractivity contribution in [2.24, 2.45) is 7.05 Å². The van der Waals surface area contributed by atoms with E-state index in [1.165, 1.54) is 11.7 Å². The first-order valence-electron chi connectivity index (χ1n) is 5.88. The van der Waals surface area contributed by atoms with Crippen LogP contribution < -0.4 is 4.74 Å². The van der Waals surface area contributed by atoms with E-state index < -0.39 is 0 Å². The Hall–Kier alpha value is -1.88. The second-order valence-corrected chi connectivity index (χ2v) is 4.98. The molecule has 0 aliphatic heterocycles. The monoisotopic (exact) mass is 317 g/mol. The van der Waals surface area contributed by atoms with E-state index in [0.717, 1.165) is 21.4 Å². The Bertz CT molecular complexity index is 724. The highest BCUT2D eigenvalue weighted by molar-refractivity contribution is 9.10. The van der Waals surface area contributed by atoms with Crippen molar-refractivity contribution in [3.63, 3.8) is 0 Å². The molecular weight excluding hydrogens is 306 g/mol. The predicted octanol–water partition coefficient (Wildman–Crippen LogP) is 3.31. The van der Waals surface area contributed by atoms with Gasteiger partial charge in [0.05, 0.1) is 4.47 Å². The second kappa shape index (κ2) is 5.01. The first-order valence-corrected chi connectivity index (χ1v) is 6.68. The minimum atomic E-state index is 0.396. The maximum absolute atomic E-state index is 5.80. The number of rotatable bonds is 3. The van der Waals surface area contributed by atoms with Crippen LogP contribution in [0.15, 0.2) is 47.2 Å². The first-order chi connectivity index (χ1) is 9.25. The summed E-state index contributed by atoms with van der Waals surface area (Å²) in [7, 11) is 1.85. The van der Waals surface area contributed by atoms with Crippen molar-refractivity contribution in [2.45, 2.75) is 6.61 Å². The molecule has 0 amide bonds. The number of nitrogens with zero attached hydrogens (tertiary/aromatic N) is 3. The highest BCUT2D eigenvalue weighted by atomic mass is 79.9. The van der Waals surface area contributed by atoms with E-state index in [1.807, 2.05) is 31.3 Å². The Morgan fingerprint density at radius 1 is 1.21 bits per heavy atom. The molecule has 0 bridgehead atoms. The Kier molecular flexibility index (Phi) is 3.21. The molecule has 0 aliphatic carbocycles. The lowest BCUT2D eigenvalue weighted by atomic mass is 10.1. The number of aryl methyl sites for hydroxylation is 1. The number of halogens is 1. The van der Waals surface area contributed by atoms with Gasteiger partial charge in [0.25, 0.3) is 0 Å². The zero-order chi connectivity index (χ0) is 13.2. The van der Waals surface area contributed by atoms with Gasteiger partial charge in [-0.1, -0.05) is 30.3 Å². The molecule has 0 atom stereocenters. The topological polar surface area (TPSA) is 39.9 Å². The van der Waals surface area contributed by atoms with E-state index in [0.29, 0.717) is 6.61 Å². The molecule has 0 spiro atoms. The quantitative estimate of drug-likeness (QED) is 0.744. The third-order valence-electron chi connectivity index (χ3n) is 2.99. The molecule has 0 radical (unpaired) electrons. The van der Waals surface area contributed by atoms with Crippen molar-refractivity contribution in [1.82, 2.24) is 14.8 Å². The van der Waals surface area contributed by atoms with Gasteiger partial charge in [0.15, 0.2) is 5.82 Å². The standard InChI is InChI=1S/C14H12BrN3O/c1-18-13(16-9-17-18)8-19-12-7-6-10-4-2-3-5-11(10)14(12)15/h2-7,9H,8H2,1H3. The molecule has 0 unspecified atom stereocenters. The summed E-state index contributed by atoms with van der Waals surface area (Å²) in [6.07, 6.45) is 1.52. The van der Waals surface area contributed by atoms with Crippen LogP contribution in [0.3, 0.4) is 0 Å². The van der Waals surface area contributed by atoms with Gasteiger partial charge in [-0.15, -0.1) is 0 Å². The SMILES string of the molecule is Cn1ncnc1COc1ccc2ccccc2c1Br. The van der Waals surface area contributed by atoms with Crippen LogP contribution in [0.5, 0.6) is 5.75 Å². The van der Waals surface area contributed by atoms with Crippen molar-refractivity contribution >= 4 is 26.7 Å². The normalized spacial score (nSPS) is 10.8. The van der Waals surface area contributed by atoms with Gasteiger partial charge in [-0.05, 0) is 32.8 Å². The summed E-state index contributed by atoms with van der Waals surface area (Å²) < 4.78 is 8.47. The molecule has 19 heavy (non-hydrogen) atoms. The van der Waals surface area contributed by atoms with Gasteiger partial charge in [-0.25, -0.2) is 4.98 Å². The Balaban J connectivity index is 1.89. The number of ether oxygens (including phenoxy) is 1. The van der Waals surface area contributed by atoms with E-state index in [4.69, 9.17) is 4.74 Å². The highest BCUT2D eigenvalue weighted by Gasteiger charge is 2.07. The maximum Gasteiger partial charge on any atom is 0.164 e. The van der Waals surface area contributed by atoms with E-state index in [9.17, 15) is 0 Å². The van der Waals surface area contributed by atoms with Crippen LogP contribution in [-0.4, -0.2) is 14.8 Å². The van der Waals surface area contributed by atoms with Crippen LogP contribution in [0.25, 0.3) is 10.8 Å². The number of benzene rings is 2. The summed E-state index contributed by atoms with van der Waals surface area (Å²) in [6.45, 7) is 0.396. The Morgan fingerprint density at radius 3 is 2.84 bits per heavy atom. The fraction of sp³-hybridized carbons (Fsp3) is 0.143. The molecule has 4 nitrogen and oxygen atoms in total. The van der Waals surface area contributed by atoms with Gasteiger partial charge in [-0.3, -0.25) is 4.68 Å². The van der Waals surface area contributed by atoms with Crippen LogP contribution in [0.1, 0.15) is 5.82 Å². The highest BCUT2D eigenvalue weighted by Crippen LogP contribution is 2.33. The van der Waals surface area contributed by atoms with Crippen LogP contribution in [-0.2, 0) is 13.7 Å². The molecule has 0 fully saturated rings. The average Bonchev–Trinajstić information content (AvgIpc) is 2.84. The average molecular weight is 318 g/mol. The summed E-state index contributed by atoms with van der Waals surface area (Å²) in [5, 5.41) is 6.33. The van der Waals surface area contributed by atoms with Gasteiger partial charge in [0.2, 0.25) is 0 Å². The van der Waals surface area contributed by atoms with E-state index in [-0.39, 0.29) is 0 Å². The summed E-state index contributed by atoms with van der Waals surface area (Å²) in [5.74, 6) is 1.60. The summed E-state index contributed by atoms with van der Waals surface area (Å²) >= 11 is 3.60. The van der Waals surface area contributed by atoms with Crippen molar-refractivity contribution < 1.29 is 4.74 Å². The lowest BCUT2D eigenvalue weighted by Gasteiger charge is -2.09. The lowest BCUT2D eigenvalue weighted by Crippen LogP contribution is -2.04. The predicted molar refractivity (Wildman–Crippen MR) is 77.0 cm³/mol. The molecule has 0 saturated carbocycles. The van der Waals surface area contributed by atoms with Gasteiger partial charge in [-0.2, -0.15) is 5.10 Å². The maximum atomic E-state index is 5.80. The fourth-order valence-electron chi connectivity index (χ4n) is 1.92. The van der Waals surface area contributed by atoms with Crippen LogP contribution >= 0.6 is 15.9 Å². The molecule has 3 rings (SSSR count). The molecule has 3 aromatic rings. The molecular formula is C14H12BrN3O. The lowest BCUT2D eigenvalue weighted by molar-refractivity contribution is 0.288. The van der Waals surface area contributed by atoms with Gasteiger partial charge in [0.1, 0.15) is 18.7 Å². The van der Waals surface area contributed by atoms with E-state index >= 15 is 0 Å². The Labute approximate surface area is 119 Å². The molecule has 5 heteroatoms. The number of hydrogen-bond donors (Lipinski definition) is 0. The van der Waals surface area contributed by atoms with E-state index in [2.05, 4.69) is 38.1 Å². The van der Waals surface area contributed by atoms with Gasteiger partial charge < -0.3 is 4.74 Å². The van der Waals surface area contributed by atoms with Crippen LogP contribution in [0.2, 0.25) is 0 Å².